The molecule has 0 radical (unpaired) electrons. The monoisotopic (exact) mass is 298 g/mol. The van der Waals surface area contributed by atoms with Gasteiger partial charge in [-0.1, -0.05) is 6.07 Å². The molecule has 0 atom stereocenters. The van der Waals surface area contributed by atoms with Gasteiger partial charge in [-0.3, -0.25) is 9.59 Å². The molecule has 0 spiro atoms. The highest BCUT2D eigenvalue weighted by molar-refractivity contribution is 7.09. The molecule has 0 saturated carbocycles. The van der Waals surface area contributed by atoms with E-state index < -0.39 is 16.9 Å². The predicted molar refractivity (Wildman–Crippen MR) is 79.7 cm³/mol. The third-order valence-corrected chi connectivity index (χ3v) is 4.70. The molecule has 1 heterocycles. The van der Waals surface area contributed by atoms with Crippen LogP contribution in [0, 0.1) is 5.41 Å². The second-order valence-corrected chi connectivity index (χ2v) is 6.80. The van der Waals surface area contributed by atoms with Crippen LogP contribution in [-0.4, -0.2) is 29.1 Å². The second kappa shape index (κ2) is 6.37. The number of aliphatic carboxylic acids is 1. The van der Waals surface area contributed by atoms with E-state index >= 15 is 0 Å². The van der Waals surface area contributed by atoms with Crippen molar-refractivity contribution in [3.63, 3.8) is 0 Å². The average Bonchev–Trinajstić information content (AvgIpc) is 2.86. The van der Waals surface area contributed by atoms with Crippen LogP contribution in [0.15, 0.2) is 17.5 Å². The van der Waals surface area contributed by atoms with Crippen LogP contribution in [0.25, 0.3) is 0 Å². The standard InChI is InChI=1S/C14H22N2O3S/c1-13(2,12(18)19)14(3,4)16-9-11(17)15-8-10-6-5-7-20-10/h5-7,16H,8-9H2,1-4H3,(H,15,17)(H,18,19). The van der Waals surface area contributed by atoms with Crippen LogP contribution in [0.3, 0.4) is 0 Å². The van der Waals surface area contributed by atoms with Gasteiger partial charge in [0, 0.05) is 10.4 Å². The maximum atomic E-state index is 11.8. The lowest BCUT2D eigenvalue weighted by Gasteiger charge is -2.38. The third-order valence-electron chi connectivity index (χ3n) is 3.83. The van der Waals surface area contributed by atoms with Crippen LogP contribution in [-0.2, 0) is 16.1 Å². The number of hydrogen-bond acceptors (Lipinski definition) is 4. The lowest BCUT2D eigenvalue weighted by molar-refractivity contribution is -0.151. The zero-order chi connectivity index (χ0) is 15.4. The van der Waals surface area contributed by atoms with E-state index in [1.54, 1.807) is 39.0 Å². The number of carbonyl (C=O) groups is 2. The minimum atomic E-state index is -0.971. The Bertz CT molecular complexity index is 467. The Morgan fingerprint density at radius 1 is 1.30 bits per heavy atom. The number of amides is 1. The number of thiophene rings is 1. The van der Waals surface area contributed by atoms with Crippen LogP contribution in [0.1, 0.15) is 32.6 Å². The summed E-state index contributed by atoms with van der Waals surface area (Å²) in [6.45, 7) is 7.45. The maximum absolute atomic E-state index is 11.8. The largest absolute Gasteiger partial charge is 0.481 e. The van der Waals surface area contributed by atoms with Gasteiger partial charge in [0.15, 0.2) is 0 Å². The van der Waals surface area contributed by atoms with Gasteiger partial charge in [-0.05, 0) is 39.1 Å². The second-order valence-electron chi connectivity index (χ2n) is 5.76. The number of carbonyl (C=O) groups excluding carboxylic acids is 1. The average molecular weight is 298 g/mol. The molecule has 5 nitrogen and oxygen atoms in total. The quantitative estimate of drug-likeness (QED) is 0.718. The molecule has 1 aromatic rings. The summed E-state index contributed by atoms with van der Waals surface area (Å²) in [7, 11) is 0. The zero-order valence-corrected chi connectivity index (χ0v) is 13.1. The van der Waals surface area contributed by atoms with Gasteiger partial charge in [-0.25, -0.2) is 0 Å². The summed E-state index contributed by atoms with van der Waals surface area (Å²) in [5.74, 6) is -1.04. The SMILES string of the molecule is CC(C)(NCC(=O)NCc1cccs1)C(C)(C)C(=O)O. The highest BCUT2D eigenvalue weighted by atomic mass is 32.1. The van der Waals surface area contributed by atoms with Gasteiger partial charge in [-0.15, -0.1) is 11.3 Å². The molecule has 112 valence electrons. The van der Waals surface area contributed by atoms with Crippen molar-refractivity contribution < 1.29 is 14.7 Å². The Balaban J connectivity index is 2.45. The first kappa shape index (κ1) is 16.7. The first-order chi connectivity index (χ1) is 9.17. The molecule has 0 unspecified atom stereocenters. The first-order valence-corrected chi connectivity index (χ1v) is 7.32. The topological polar surface area (TPSA) is 78.4 Å². The summed E-state index contributed by atoms with van der Waals surface area (Å²) in [5.41, 5.74) is -1.67. The lowest BCUT2D eigenvalue weighted by atomic mass is 9.74. The predicted octanol–water partition coefficient (Wildman–Crippen LogP) is 1.84. The minimum Gasteiger partial charge on any atom is -0.481 e. The molecule has 0 aliphatic heterocycles. The van der Waals surface area contributed by atoms with Crippen molar-refractivity contribution in [2.45, 2.75) is 39.8 Å². The van der Waals surface area contributed by atoms with Crippen molar-refractivity contribution in [1.82, 2.24) is 10.6 Å². The van der Waals surface area contributed by atoms with E-state index in [9.17, 15) is 14.7 Å². The fourth-order valence-corrected chi connectivity index (χ4v) is 2.10. The number of nitrogens with one attached hydrogen (secondary N) is 2. The number of carboxylic acids is 1. The fraction of sp³-hybridized carbons (Fsp3) is 0.571. The molecule has 1 amide bonds. The Hall–Kier alpha value is -1.40. The maximum Gasteiger partial charge on any atom is 0.310 e. The Labute approximate surface area is 123 Å². The molecule has 0 aliphatic rings. The van der Waals surface area contributed by atoms with Crippen molar-refractivity contribution in [2.24, 2.45) is 5.41 Å². The van der Waals surface area contributed by atoms with E-state index in [1.165, 1.54) is 0 Å². The van der Waals surface area contributed by atoms with Crippen molar-refractivity contribution >= 4 is 23.2 Å². The van der Waals surface area contributed by atoms with E-state index in [0.29, 0.717) is 6.54 Å². The summed E-state index contributed by atoms with van der Waals surface area (Å²) in [6.07, 6.45) is 0. The highest BCUT2D eigenvalue weighted by Crippen LogP contribution is 2.30. The molecule has 0 aliphatic carbocycles. The number of hydrogen-bond donors (Lipinski definition) is 3. The molecule has 0 saturated heterocycles. The molecule has 0 bridgehead atoms. The van der Waals surface area contributed by atoms with Gasteiger partial charge in [0.25, 0.3) is 0 Å². The van der Waals surface area contributed by atoms with Crippen molar-refractivity contribution in [3.05, 3.63) is 22.4 Å². The molecular weight excluding hydrogens is 276 g/mol. The molecule has 3 N–H and O–H groups in total. The summed E-state index contributed by atoms with van der Waals surface area (Å²) in [4.78, 5) is 24.1. The van der Waals surface area contributed by atoms with Crippen LogP contribution in [0.4, 0.5) is 0 Å². The van der Waals surface area contributed by atoms with Gasteiger partial charge >= 0.3 is 5.97 Å². The van der Waals surface area contributed by atoms with E-state index in [2.05, 4.69) is 10.6 Å². The molecular formula is C14H22N2O3S. The molecule has 0 fully saturated rings. The van der Waals surface area contributed by atoms with Gasteiger partial charge in [-0.2, -0.15) is 0 Å². The molecule has 6 heteroatoms. The Morgan fingerprint density at radius 3 is 2.45 bits per heavy atom. The van der Waals surface area contributed by atoms with Crippen LogP contribution < -0.4 is 10.6 Å². The van der Waals surface area contributed by atoms with Gasteiger partial charge < -0.3 is 15.7 Å². The van der Waals surface area contributed by atoms with Crippen molar-refractivity contribution in [1.29, 1.82) is 0 Å². The Kier molecular flexibility index (Phi) is 5.30. The lowest BCUT2D eigenvalue weighted by Crippen LogP contribution is -2.57. The van der Waals surface area contributed by atoms with Gasteiger partial charge in [0.2, 0.25) is 5.91 Å². The Morgan fingerprint density at radius 2 is 1.95 bits per heavy atom. The minimum absolute atomic E-state index is 0.0923. The molecule has 0 aromatic carbocycles. The van der Waals surface area contributed by atoms with Crippen molar-refractivity contribution in [3.8, 4) is 0 Å². The fourth-order valence-electron chi connectivity index (χ4n) is 1.45. The molecule has 1 aromatic heterocycles. The smallest absolute Gasteiger partial charge is 0.310 e. The van der Waals surface area contributed by atoms with Crippen LogP contribution in [0.2, 0.25) is 0 Å². The van der Waals surface area contributed by atoms with Gasteiger partial charge in [0.1, 0.15) is 0 Å². The normalized spacial score (nSPS) is 12.2. The van der Waals surface area contributed by atoms with Crippen LogP contribution in [0.5, 0.6) is 0 Å². The zero-order valence-electron chi connectivity index (χ0n) is 12.3. The summed E-state index contributed by atoms with van der Waals surface area (Å²) < 4.78 is 0. The van der Waals surface area contributed by atoms with E-state index in [-0.39, 0.29) is 12.5 Å². The summed E-state index contributed by atoms with van der Waals surface area (Å²) in [6, 6.07) is 3.89. The molecule has 1 rings (SSSR count). The van der Waals surface area contributed by atoms with Gasteiger partial charge in [0.05, 0.1) is 18.5 Å². The number of carboxylic acid groups (broad SMARTS) is 1. The van der Waals surface area contributed by atoms with E-state index in [4.69, 9.17) is 0 Å². The van der Waals surface area contributed by atoms with Crippen LogP contribution >= 0.6 is 11.3 Å². The van der Waals surface area contributed by atoms with E-state index in [1.807, 2.05) is 17.5 Å². The first-order valence-electron chi connectivity index (χ1n) is 6.44. The summed E-state index contributed by atoms with van der Waals surface area (Å²) >= 11 is 1.58. The van der Waals surface area contributed by atoms with Crippen molar-refractivity contribution in [2.75, 3.05) is 6.54 Å². The van der Waals surface area contributed by atoms with E-state index in [0.717, 1.165) is 4.88 Å². The summed E-state index contributed by atoms with van der Waals surface area (Å²) in [5, 5.41) is 17.0. The third kappa shape index (κ3) is 4.05. The number of rotatable bonds is 7. The highest BCUT2D eigenvalue weighted by Gasteiger charge is 2.43. The molecule has 20 heavy (non-hydrogen) atoms.